The summed E-state index contributed by atoms with van der Waals surface area (Å²) in [6, 6.07) is 4.14. The van der Waals surface area contributed by atoms with E-state index in [0.29, 0.717) is 25.7 Å². The van der Waals surface area contributed by atoms with Crippen LogP contribution >= 0.6 is 0 Å². The largest absolute Gasteiger partial charge is 0.493 e. The van der Waals surface area contributed by atoms with Crippen molar-refractivity contribution in [3.8, 4) is 11.5 Å². The monoisotopic (exact) mass is 375 g/mol. The van der Waals surface area contributed by atoms with Crippen LogP contribution < -0.4 is 9.47 Å². The first-order chi connectivity index (χ1) is 13.7. The van der Waals surface area contributed by atoms with Gasteiger partial charge in [0, 0.05) is 35.8 Å². The van der Waals surface area contributed by atoms with Crippen LogP contribution in [0.15, 0.2) is 47.2 Å². The predicted molar refractivity (Wildman–Crippen MR) is 101 cm³/mol. The molecule has 1 aromatic carbocycles. The van der Waals surface area contributed by atoms with Crippen LogP contribution in [-0.4, -0.2) is 43.3 Å². The highest BCUT2D eigenvalue weighted by Crippen LogP contribution is 2.57. The van der Waals surface area contributed by atoms with Crippen LogP contribution in [0.1, 0.15) is 24.0 Å². The highest BCUT2D eigenvalue weighted by molar-refractivity contribution is 6.02. The van der Waals surface area contributed by atoms with Gasteiger partial charge in [0.25, 0.3) is 0 Å². The molecule has 4 aliphatic heterocycles. The molecule has 2 saturated heterocycles. The molecule has 0 radical (unpaired) electrons. The Hall–Kier alpha value is -2.53. The van der Waals surface area contributed by atoms with Crippen LogP contribution in [0.5, 0.6) is 11.5 Å². The molecule has 6 aliphatic rings. The standard InChI is InChI=1S/C23H21NO4/c25-22-23(12-28-21-9-13-3-5-27-20(13)10-18(21)23)17-7-14-6-15(14)8-19(17)24(22)11-16-2-1-4-26-16/h6-10,14,16H,1-5,11-12H2/t14-,16+,23?/m0/s1. The van der Waals surface area contributed by atoms with Crippen LogP contribution in [0.25, 0.3) is 0 Å². The number of hydrogen-bond donors (Lipinski definition) is 0. The van der Waals surface area contributed by atoms with Crippen molar-refractivity contribution in [2.75, 3.05) is 26.4 Å². The van der Waals surface area contributed by atoms with Gasteiger partial charge in [-0.1, -0.05) is 12.2 Å². The third-order valence-corrected chi connectivity index (χ3v) is 7.04. The van der Waals surface area contributed by atoms with E-state index in [9.17, 15) is 4.79 Å². The van der Waals surface area contributed by atoms with Crippen molar-refractivity contribution in [3.05, 3.63) is 58.3 Å². The highest BCUT2D eigenvalue weighted by atomic mass is 16.5. The fourth-order valence-electron chi connectivity index (χ4n) is 5.48. The van der Waals surface area contributed by atoms with E-state index in [2.05, 4.69) is 30.4 Å². The number of ether oxygens (including phenoxy) is 3. The van der Waals surface area contributed by atoms with Crippen molar-refractivity contribution in [1.29, 1.82) is 0 Å². The van der Waals surface area contributed by atoms with Gasteiger partial charge in [0.15, 0.2) is 0 Å². The number of benzene rings is 1. The molecule has 0 saturated carbocycles. The molecule has 1 amide bonds. The van der Waals surface area contributed by atoms with Gasteiger partial charge >= 0.3 is 0 Å². The number of likely N-dealkylation sites (tertiary alicyclic amines) is 1. The molecule has 3 atom stereocenters. The second kappa shape index (κ2) is 5.09. The minimum Gasteiger partial charge on any atom is -0.493 e. The number of carbonyl (C=O) groups is 1. The van der Waals surface area contributed by atoms with E-state index in [1.165, 1.54) is 11.1 Å². The highest BCUT2D eigenvalue weighted by Gasteiger charge is 2.60. The number of nitrogens with zero attached hydrogens (tertiary/aromatic N) is 1. The lowest BCUT2D eigenvalue weighted by Gasteiger charge is -2.23. The second-order valence-corrected chi connectivity index (χ2v) is 8.60. The zero-order valence-corrected chi connectivity index (χ0v) is 15.6. The summed E-state index contributed by atoms with van der Waals surface area (Å²) in [5.41, 5.74) is 4.86. The van der Waals surface area contributed by atoms with Crippen molar-refractivity contribution in [3.63, 3.8) is 0 Å². The lowest BCUT2D eigenvalue weighted by atomic mass is 9.74. The Kier molecular flexibility index (Phi) is 2.80. The molecule has 5 nitrogen and oxygen atoms in total. The van der Waals surface area contributed by atoms with E-state index < -0.39 is 5.41 Å². The van der Waals surface area contributed by atoms with Gasteiger partial charge in [0.1, 0.15) is 23.5 Å². The molecule has 1 aromatic rings. The summed E-state index contributed by atoms with van der Waals surface area (Å²) in [6.45, 7) is 2.49. The third kappa shape index (κ3) is 1.83. The minimum absolute atomic E-state index is 0.123. The van der Waals surface area contributed by atoms with Crippen LogP contribution in [-0.2, 0) is 21.4 Å². The fraction of sp³-hybridized carbons (Fsp3) is 0.435. The molecule has 0 N–H and O–H groups in total. The topological polar surface area (TPSA) is 48.0 Å². The lowest BCUT2D eigenvalue weighted by molar-refractivity contribution is -0.132. The zero-order valence-electron chi connectivity index (χ0n) is 15.6. The average Bonchev–Trinajstić information content (AvgIpc) is 3.10. The van der Waals surface area contributed by atoms with Gasteiger partial charge < -0.3 is 19.1 Å². The van der Waals surface area contributed by atoms with Crippen molar-refractivity contribution < 1.29 is 19.0 Å². The minimum atomic E-state index is -0.747. The van der Waals surface area contributed by atoms with E-state index in [1.54, 1.807) is 0 Å². The van der Waals surface area contributed by atoms with Gasteiger partial charge in [0.05, 0.1) is 19.3 Å². The molecular weight excluding hydrogens is 354 g/mol. The molecule has 0 aromatic heterocycles. The van der Waals surface area contributed by atoms with Gasteiger partial charge in [-0.05, 0) is 42.2 Å². The summed E-state index contributed by atoms with van der Waals surface area (Å²) in [6.07, 6.45) is 9.83. The summed E-state index contributed by atoms with van der Waals surface area (Å²) in [5.74, 6) is 2.24. The van der Waals surface area contributed by atoms with Crippen molar-refractivity contribution >= 4 is 5.91 Å². The van der Waals surface area contributed by atoms with Gasteiger partial charge in [-0.3, -0.25) is 4.79 Å². The Bertz CT molecular complexity index is 1030. The average molecular weight is 375 g/mol. The number of allylic oxidation sites excluding steroid dienone is 5. The molecule has 142 valence electrons. The number of hydrogen-bond acceptors (Lipinski definition) is 4. The van der Waals surface area contributed by atoms with Crippen LogP contribution in [0.2, 0.25) is 0 Å². The molecule has 2 fully saturated rings. The van der Waals surface area contributed by atoms with Crippen molar-refractivity contribution in [2.45, 2.75) is 30.8 Å². The quantitative estimate of drug-likeness (QED) is 0.797. The zero-order chi connectivity index (χ0) is 18.5. The number of fused-ring (bicyclic) bond motifs is 6. The Morgan fingerprint density at radius 3 is 3.00 bits per heavy atom. The maximum Gasteiger partial charge on any atom is 0.245 e. The molecule has 5 heteroatoms. The number of amides is 1. The van der Waals surface area contributed by atoms with E-state index in [-0.39, 0.29) is 12.0 Å². The molecule has 4 heterocycles. The molecule has 28 heavy (non-hydrogen) atoms. The van der Waals surface area contributed by atoms with E-state index in [0.717, 1.165) is 54.2 Å². The summed E-state index contributed by atoms with van der Waals surface area (Å²) in [7, 11) is 0. The Morgan fingerprint density at radius 2 is 2.11 bits per heavy atom. The van der Waals surface area contributed by atoms with E-state index >= 15 is 0 Å². The SMILES string of the molecule is O=C1N(C[C@H]2CCCO2)C2=CC3=C[C@H]3C=C2C12COc1cc3c(cc12)OCC3. The van der Waals surface area contributed by atoms with E-state index in [4.69, 9.17) is 14.2 Å². The second-order valence-electron chi connectivity index (χ2n) is 8.60. The smallest absolute Gasteiger partial charge is 0.245 e. The van der Waals surface area contributed by atoms with Crippen LogP contribution in [0.4, 0.5) is 0 Å². The lowest BCUT2D eigenvalue weighted by Crippen LogP contribution is -2.42. The Labute approximate surface area is 163 Å². The van der Waals surface area contributed by atoms with Crippen molar-refractivity contribution in [1.82, 2.24) is 4.90 Å². The van der Waals surface area contributed by atoms with Crippen LogP contribution in [0.3, 0.4) is 0 Å². The van der Waals surface area contributed by atoms with Gasteiger partial charge in [-0.15, -0.1) is 0 Å². The number of carbonyl (C=O) groups excluding carboxylic acids is 1. The first-order valence-electron chi connectivity index (χ1n) is 10.3. The van der Waals surface area contributed by atoms with Crippen molar-refractivity contribution in [2.24, 2.45) is 5.92 Å². The first kappa shape index (κ1) is 15.4. The maximum atomic E-state index is 13.9. The summed E-state index contributed by atoms with van der Waals surface area (Å²) in [4.78, 5) is 15.9. The summed E-state index contributed by atoms with van der Waals surface area (Å²) >= 11 is 0. The molecule has 0 bridgehead atoms. The predicted octanol–water partition coefficient (Wildman–Crippen LogP) is 2.65. The number of rotatable bonds is 2. The molecular formula is C23H21NO4. The summed E-state index contributed by atoms with van der Waals surface area (Å²) in [5, 5.41) is 0. The molecule has 1 unspecified atom stereocenters. The normalized spacial score (nSPS) is 33.5. The van der Waals surface area contributed by atoms with Gasteiger partial charge in [-0.25, -0.2) is 0 Å². The maximum absolute atomic E-state index is 13.9. The Balaban J connectivity index is 1.38. The molecule has 2 aliphatic carbocycles. The Morgan fingerprint density at radius 1 is 1.14 bits per heavy atom. The van der Waals surface area contributed by atoms with Crippen LogP contribution in [0, 0.1) is 5.92 Å². The van der Waals surface area contributed by atoms with Gasteiger partial charge in [-0.2, -0.15) is 0 Å². The summed E-state index contributed by atoms with van der Waals surface area (Å²) < 4.78 is 17.8. The first-order valence-corrected chi connectivity index (χ1v) is 10.3. The third-order valence-electron chi connectivity index (χ3n) is 7.04. The van der Waals surface area contributed by atoms with E-state index in [1.807, 2.05) is 4.90 Å². The molecule has 7 rings (SSSR count). The fourth-order valence-corrected chi connectivity index (χ4v) is 5.48. The van der Waals surface area contributed by atoms with Gasteiger partial charge in [0.2, 0.25) is 5.91 Å². The molecule has 1 spiro atoms.